The molecule has 0 fully saturated rings. The Bertz CT molecular complexity index is 790. The number of nitrogens with zero attached hydrogens (tertiary/aromatic N) is 1. The number of ketones is 1. The van der Waals surface area contributed by atoms with Gasteiger partial charge in [0.1, 0.15) is 5.41 Å². The number of aromatic nitrogens is 2. The van der Waals surface area contributed by atoms with E-state index in [1.807, 2.05) is 36.8 Å². The quantitative estimate of drug-likeness (QED) is 0.651. The lowest BCUT2D eigenvalue weighted by atomic mass is 9.81. The lowest BCUT2D eigenvalue weighted by molar-refractivity contribution is -0.144. The van der Waals surface area contributed by atoms with E-state index < -0.39 is 11.4 Å². The smallest absolute Gasteiger partial charge is 0.315 e. The normalized spacial score (nSPS) is 19.8. The molecule has 2 aromatic rings. The van der Waals surface area contributed by atoms with Crippen molar-refractivity contribution < 1.29 is 14.7 Å². The Balaban J connectivity index is 2.08. The average Bonchev–Trinajstić information content (AvgIpc) is 3.20. The van der Waals surface area contributed by atoms with Crippen molar-refractivity contribution in [3.63, 3.8) is 0 Å². The van der Waals surface area contributed by atoms with E-state index >= 15 is 0 Å². The third-order valence-corrected chi connectivity index (χ3v) is 5.57. The Morgan fingerprint density at radius 1 is 1.43 bits per heavy atom. The number of carbonyl (C=O) groups excluding carboxylic acids is 1. The van der Waals surface area contributed by atoms with Gasteiger partial charge >= 0.3 is 5.97 Å². The molecule has 0 aromatic carbocycles. The van der Waals surface area contributed by atoms with Crippen LogP contribution in [0.2, 0.25) is 0 Å². The molecule has 0 aliphatic carbocycles. The number of thioether (sulfide) groups is 1. The van der Waals surface area contributed by atoms with E-state index in [9.17, 15) is 14.7 Å². The van der Waals surface area contributed by atoms with Crippen LogP contribution in [-0.4, -0.2) is 32.7 Å². The summed E-state index contributed by atoms with van der Waals surface area (Å²) in [5.41, 5.74) is 1.87. The fraction of sp³-hybridized carbons (Fsp3) is 0.412. The Morgan fingerprint density at radius 2 is 2.17 bits per heavy atom. The van der Waals surface area contributed by atoms with Crippen molar-refractivity contribution in [2.45, 2.75) is 43.7 Å². The average molecular weight is 332 g/mol. The molecule has 1 aliphatic heterocycles. The molecule has 3 heterocycles. The van der Waals surface area contributed by atoms with Crippen LogP contribution in [0.3, 0.4) is 0 Å². The molecule has 2 aromatic heterocycles. The third kappa shape index (κ3) is 2.24. The highest BCUT2D eigenvalue weighted by Crippen LogP contribution is 2.41. The third-order valence-electron chi connectivity index (χ3n) is 4.89. The van der Waals surface area contributed by atoms with E-state index in [0.717, 1.165) is 16.3 Å². The first kappa shape index (κ1) is 15.9. The van der Waals surface area contributed by atoms with Gasteiger partial charge in [0, 0.05) is 12.2 Å². The molecule has 1 atom stereocenters. The minimum Gasteiger partial charge on any atom is -0.481 e. The van der Waals surface area contributed by atoms with Crippen LogP contribution in [0.4, 0.5) is 0 Å². The molecule has 6 heteroatoms. The monoisotopic (exact) mass is 332 g/mol. The first-order valence-corrected chi connectivity index (χ1v) is 8.88. The van der Waals surface area contributed by atoms with Gasteiger partial charge in [-0.2, -0.15) is 0 Å². The molecule has 2 N–H and O–H groups in total. The summed E-state index contributed by atoms with van der Waals surface area (Å²) in [6.45, 7) is 4.34. The number of hydrogen-bond acceptors (Lipinski definition) is 3. The summed E-state index contributed by atoms with van der Waals surface area (Å²) in [5.74, 6) is -0.883. The highest BCUT2D eigenvalue weighted by molar-refractivity contribution is 7.98. The minimum absolute atomic E-state index is 0.0775. The van der Waals surface area contributed by atoms with E-state index in [1.165, 1.54) is 0 Å². The number of aliphatic carboxylic acids is 1. The van der Waals surface area contributed by atoms with Gasteiger partial charge in [0.2, 0.25) is 5.78 Å². The predicted molar refractivity (Wildman–Crippen MR) is 89.4 cm³/mol. The van der Waals surface area contributed by atoms with Gasteiger partial charge < -0.3 is 14.7 Å². The van der Waals surface area contributed by atoms with Gasteiger partial charge in [-0.3, -0.25) is 9.59 Å². The predicted octanol–water partition coefficient (Wildman–Crippen LogP) is 3.21. The standard InChI is InChI=1S/C17H20N2O3S/c1-4-17(16(21)22)7-8-19-12(17)9-10(2)14(19)15(20)11-5-6-13(18-11)23-3/h5-6,9,18H,4,7-8H2,1-3H3,(H,21,22). The maximum Gasteiger partial charge on any atom is 0.315 e. The fourth-order valence-electron chi connectivity index (χ4n) is 3.53. The van der Waals surface area contributed by atoms with Crippen LogP contribution in [0.25, 0.3) is 0 Å². The maximum absolute atomic E-state index is 12.9. The zero-order valence-electron chi connectivity index (χ0n) is 13.5. The molecular formula is C17H20N2O3S. The van der Waals surface area contributed by atoms with Gasteiger partial charge in [-0.05, 0) is 49.8 Å². The van der Waals surface area contributed by atoms with E-state index in [2.05, 4.69) is 4.98 Å². The zero-order chi connectivity index (χ0) is 16.8. The summed E-state index contributed by atoms with van der Waals surface area (Å²) < 4.78 is 1.90. The van der Waals surface area contributed by atoms with Crippen molar-refractivity contribution in [3.8, 4) is 0 Å². The Kier molecular flexibility index (Phi) is 3.88. The molecule has 0 saturated heterocycles. The summed E-state index contributed by atoms with van der Waals surface area (Å²) in [6.07, 6.45) is 3.01. The largest absolute Gasteiger partial charge is 0.481 e. The lowest BCUT2D eigenvalue weighted by Gasteiger charge is -2.21. The van der Waals surface area contributed by atoms with Crippen LogP contribution in [-0.2, 0) is 16.8 Å². The molecule has 0 radical (unpaired) electrons. The molecule has 0 amide bonds. The highest BCUT2D eigenvalue weighted by Gasteiger charge is 2.46. The van der Waals surface area contributed by atoms with Crippen LogP contribution in [0.5, 0.6) is 0 Å². The number of carbonyl (C=O) groups is 2. The van der Waals surface area contributed by atoms with Crippen molar-refractivity contribution in [2.24, 2.45) is 0 Å². The number of nitrogens with one attached hydrogen (secondary N) is 1. The fourth-order valence-corrected chi connectivity index (χ4v) is 3.94. The van der Waals surface area contributed by atoms with Gasteiger partial charge in [-0.1, -0.05) is 6.92 Å². The summed E-state index contributed by atoms with van der Waals surface area (Å²) in [5, 5.41) is 10.6. The summed E-state index contributed by atoms with van der Waals surface area (Å²) in [7, 11) is 0. The van der Waals surface area contributed by atoms with E-state index in [-0.39, 0.29) is 5.78 Å². The molecule has 1 aliphatic rings. The molecule has 122 valence electrons. The van der Waals surface area contributed by atoms with E-state index in [4.69, 9.17) is 0 Å². The summed E-state index contributed by atoms with van der Waals surface area (Å²) in [4.78, 5) is 27.8. The first-order valence-electron chi connectivity index (χ1n) is 7.66. The van der Waals surface area contributed by atoms with Crippen molar-refractivity contribution in [1.82, 2.24) is 9.55 Å². The van der Waals surface area contributed by atoms with Crippen molar-refractivity contribution >= 4 is 23.5 Å². The van der Waals surface area contributed by atoms with Gasteiger partial charge in [-0.25, -0.2) is 0 Å². The lowest BCUT2D eigenvalue weighted by Crippen LogP contribution is -2.32. The zero-order valence-corrected chi connectivity index (χ0v) is 14.3. The Morgan fingerprint density at radius 3 is 2.74 bits per heavy atom. The Hall–Kier alpha value is -1.95. The Labute approximate surface area is 139 Å². The molecule has 0 saturated carbocycles. The number of carboxylic acids is 1. The van der Waals surface area contributed by atoms with E-state index in [0.29, 0.717) is 30.8 Å². The molecule has 0 spiro atoms. The second-order valence-corrected chi connectivity index (χ2v) is 6.82. The van der Waals surface area contributed by atoms with Crippen LogP contribution < -0.4 is 0 Å². The molecule has 3 rings (SSSR count). The van der Waals surface area contributed by atoms with Crippen LogP contribution >= 0.6 is 11.8 Å². The number of fused-ring (bicyclic) bond motifs is 1. The van der Waals surface area contributed by atoms with Crippen molar-refractivity contribution in [2.75, 3.05) is 6.26 Å². The molecular weight excluding hydrogens is 312 g/mol. The second kappa shape index (κ2) is 5.60. The van der Waals surface area contributed by atoms with Crippen LogP contribution in [0.15, 0.2) is 23.2 Å². The molecule has 23 heavy (non-hydrogen) atoms. The van der Waals surface area contributed by atoms with E-state index in [1.54, 1.807) is 17.8 Å². The molecule has 5 nitrogen and oxygen atoms in total. The maximum atomic E-state index is 12.9. The van der Waals surface area contributed by atoms with Gasteiger partial charge in [0.15, 0.2) is 0 Å². The number of hydrogen-bond donors (Lipinski definition) is 2. The number of aryl methyl sites for hydroxylation is 1. The van der Waals surface area contributed by atoms with Crippen LogP contribution in [0.1, 0.15) is 47.2 Å². The second-order valence-electron chi connectivity index (χ2n) is 5.97. The number of rotatable bonds is 5. The summed E-state index contributed by atoms with van der Waals surface area (Å²) in [6, 6.07) is 5.54. The van der Waals surface area contributed by atoms with Crippen molar-refractivity contribution in [1.29, 1.82) is 0 Å². The van der Waals surface area contributed by atoms with Gasteiger partial charge in [-0.15, -0.1) is 11.8 Å². The highest BCUT2D eigenvalue weighted by atomic mass is 32.2. The molecule has 1 unspecified atom stereocenters. The van der Waals surface area contributed by atoms with Gasteiger partial charge in [0.25, 0.3) is 0 Å². The van der Waals surface area contributed by atoms with Gasteiger partial charge in [0.05, 0.1) is 16.4 Å². The summed E-state index contributed by atoms with van der Waals surface area (Å²) >= 11 is 1.55. The van der Waals surface area contributed by atoms with Crippen molar-refractivity contribution in [3.05, 3.63) is 40.8 Å². The SMILES string of the molecule is CCC1(C(=O)O)CCn2c1cc(C)c2C(=O)c1ccc(SC)[nH]1. The first-order chi connectivity index (χ1) is 10.9. The number of aromatic amines is 1. The number of carboxylic acid groups (broad SMARTS) is 1. The topological polar surface area (TPSA) is 75.1 Å². The molecule has 0 bridgehead atoms. The minimum atomic E-state index is -0.872. The number of H-pyrrole nitrogens is 1. The van der Waals surface area contributed by atoms with Crippen LogP contribution in [0, 0.1) is 6.92 Å².